The molecular formula is C17H35NO4Si. The number of carbonyl (C=O) groups is 1. The van der Waals surface area contributed by atoms with Crippen LogP contribution in [-0.4, -0.2) is 55.3 Å². The fourth-order valence-corrected chi connectivity index (χ4v) is 3.49. The first-order chi connectivity index (χ1) is 10.2. The Morgan fingerprint density at radius 1 is 1.22 bits per heavy atom. The number of aliphatic hydroxyl groups is 1. The van der Waals surface area contributed by atoms with Crippen LogP contribution in [-0.2, 0) is 9.16 Å². The predicted octanol–water partition coefficient (Wildman–Crippen LogP) is 3.77. The van der Waals surface area contributed by atoms with Crippen molar-refractivity contribution in [2.45, 2.75) is 83.7 Å². The minimum absolute atomic E-state index is 0.0962. The molecule has 1 fully saturated rings. The van der Waals surface area contributed by atoms with Crippen molar-refractivity contribution in [1.82, 2.24) is 4.90 Å². The average Bonchev–Trinajstić information content (AvgIpc) is 2.77. The topological polar surface area (TPSA) is 59.0 Å². The molecule has 5 nitrogen and oxygen atoms in total. The third-order valence-electron chi connectivity index (χ3n) is 5.01. The van der Waals surface area contributed by atoms with Crippen LogP contribution >= 0.6 is 0 Å². The maximum Gasteiger partial charge on any atom is 0.410 e. The summed E-state index contributed by atoms with van der Waals surface area (Å²) in [5.41, 5.74) is -1.20. The molecule has 6 heteroatoms. The van der Waals surface area contributed by atoms with E-state index in [4.69, 9.17) is 9.16 Å². The Kier molecular flexibility index (Phi) is 5.98. The lowest BCUT2D eigenvalue weighted by Gasteiger charge is -2.42. The zero-order valence-electron chi connectivity index (χ0n) is 16.2. The van der Waals surface area contributed by atoms with Crippen molar-refractivity contribution < 1.29 is 19.1 Å². The lowest BCUT2D eigenvalue weighted by molar-refractivity contribution is -0.0194. The molecule has 1 amide bonds. The van der Waals surface area contributed by atoms with Gasteiger partial charge in [-0.3, -0.25) is 4.90 Å². The molecule has 1 heterocycles. The summed E-state index contributed by atoms with van der Waals surface area (Å²) in [5.74, 6) is 0. The van der Waals surface area contributed by atoms with Crippen molar-refractivity contribution in [3.63, 3.8) is 0 Å². The van der Waals surface area contributed by atoms with E-state index in [1.807, 2.05) is 20.8 Å². The quantitative estimate of drug-likeness (QED) is 0.788. The zero-order valence-corrected chi connectivity index (χ0v) is 17.2. The van der Waals surface area contributed by atoms with Crippen molar-refractivity contribution in [1.29, 1.82) is 0 Å². The van der Waals surface area contributed by atoms with Crippen LogP contribution < -0.4 is 0 Å². The van der Waals surface area contributed by atoms with E-state index in [-0.39, 0.29) is 17.7 Å². The van der Waals surface area contributed by atoms with E-state index in [0.717, 1.165) is 12.8 Å². The number of aliphatic hydroxyl groups excluding tert-OH is 1. The van der Waals surface area contributed by atoms with Crippen molar-refractivity contribution in [3.8, 4) is 0 Å². The normalized spacial score (nSPS) is 23.3. The molecule has 0 radical (unpaired) electrons. The molecular weight excluding hydrogens is 310 g/mol. The van der Waals surface area contributed by atoms with Crippen LogP contribution in [0.1, 0.15) is 54.4 Å². The summed E-state index contributed by atoms with van der Waals surface area (Å²) >= 11 is 0. The van der Waals surface area contributed by atoms with Gasteiger partial charge in [-0.15, -0.1) is 0 Å². The van der Waals surface area contributed by atoms with Crippen molar-refractivity contribution in [3.05, 3.63) is 0 Å². The molecule has 1 atom stereocenters. The van der Waals surface area contributed by atoms with Crippen LogP contribution in [0, 0.1) is 0 Å². The molecule has 1 aliphatic rings. The van der Waals surface area contributed by atoms with E-state index in [1.165, 1.54) is 0 Å². The number of likely N-dealkylation sites (tertiary alicyclic amines) is 1. The molecule has 1 rings (SSSR count). The summed E-state index contributed by atoms with van der Waals surface area (Å²) in [6, 6.07) is 0. The number of carbonyl (C=O) groups excluding carboxylic acids is 1. The van der Waals surface area contributed by atoms with Gasteiger partial charge in [0.1, 0.15) is 5.60 Å². The Morgan fingerprint density at radius 3 is 2.22 bits per heavy atom. The summed E-state index contributed by atoms with van der Waals surface area (Å²) in [5, 5.41) is 10.1. The highest BCUT2D eigenvalue weighted by molar-refractivity contribution is 6.74. The maximum atomic E-state index is 12.5. The number of rotatable bonds is 4. The van der Waals surface area contributed by atoms with Crippen molar-refractivity contribution in [2.75, 3.05) is 19.8 Å². The smallest absolute Gasteiger partial charge is 0.410 e. The number of hydrogen-bond acceptors (Lipinski definition) is 4. The fourth-order valence-electron chi connectivity index (χ4n) is 2.43. The lowest BCUT2D eigenvalue weighted by atomic mass is 9.99. The molecule has 0 bridgehead atoms. The van der Waals surface area contributed by atoms with Crippen LogP contribution in [0.25, 0.3) is 0 Å². The highest BCUT2D eigenvalue weighted by Crippen LogP contribution is 2.39. The lowest BCUT2D eigenvalue weighted by Crippen LogP contribution is -2.56. The van der Waals surface area contributed by atoms with E-state index in [9.17, 15) is 9.90 Å². The average molecular weight is 346 g/mol. The summed E-state index contributed by atoms with van der Waals surface area (Å²) in [6.07, 6.45) is 1.25. The van der Waals surface area contributed by atoms with Gasteiger partial charge in [-0.25, -0.2) is 4.79 Å². The molecule has 1 aliphatic heterocycles. The molecule has 0 spiro atoms. The van der Waals surface area contributed by atoms with Crippen LogP contribution in [0.2, 0.25) is 18.1 Å². The molecule has 0 saturated carbocycles. The molecule has 136 valence electrons. The predicted molar refractivity (Wildman–Crippen MR) is 95.1 cm³/mol. The second-order valence-corrected chi connectivity index (χ2v) is 14.0. The van der Waals surface area contributed by atoms with E-state index < -0.39 is 19.5 Å². The third-order valence-corrected chi connectivity index (χ3v) is 9.49. The van der Waals surface area contributed by atoms with Crippen LogP contribution in [0.15, 0.2) is 0 Å². The van der Waals surface area contributed by atoms with Gasteiger partial charge in [-0.1, -0.05) is 20.8 Å². The molecule has 0 aromatic rings. The van der Waals surface area contributed by atoms with Gasteiger partial charge in [0.15, 0.2) is 8.32 Å². The Balaban J connectivity index is 2.88. The second-order valence-electron chi connectivity index (χ2n) is 9.17. The first kappa shape index (κ1) is 20.5. The van der Waals surface area contributed by atoms with E-state index in [1.54, 1.807) is 4.90 Å². The van der Waals surface area contributed by atoms with Gasteiger partial charge in [0.2, 0.25) is 0 Å². The summed E-state index contributed by atoms with van der Waals surface area (Å²) in [4.78, 5) is 14.2. The molecule has 23 heavy (non-hydrogen) atoms. The highest BCUT2D eigenvalue weighted by Gasteiger charge is 2.47. The molecule has 0 aromatic heterocycles. The summed E-state index contributed by atoms with van der Waals surface area (Å²) in [6.45, 7) is 17.4. The number of amides is 1. The van der Waals surface area contributed by atoms with Gasteiger partial charge >= 0.3 is 6.09 Å². The van der Waals surface area contributed by atoms with E-state index >= 15 is 0 Å². The fraction of sp³-hybridized carbons (Fsp3) is 0.941. The Hall–Kier alpha value is -0.593. The maximum absolute atomic E-state index is 12.5. The second kappa shape index (κ2) is 6.73. The molecule has 1 saturated heterocycles. The van der Waals surface area contributed by atoms with Gasteiger partial charge in [-0.2, -0.15) is 0 Å². The first-order valence-corrected chi connectivity index (χ1v) is 11.4. The van der Waals surface area contributed by atoms with Crippen LogP contribution in [0.4, 0.5) is 4.79 Å². The Bertz CT molecular complexity index is 425. The summed E-state index contributed by atoms with van der Waals surface area (Å²) < 4.78 is 11.8. The number of hydrogen-bond donors (Lipinski definition) is 1. The van der Waals surface area contributed by atoms with Crippen LogP contribution in [0.5, 0.6) is 0 Å². The Morgan fingerprint density at radius 2 is 1.78 bits per heavy atom. The van der Waals surface area contributed by atoms with E-state index in [2.05, 4.69) is 33.9 Å². The molecule has 0 aliphatic carbocycles. The summed E-state index contributed by atoms with van der Waals surface area (Å²) in [7, 11) is -1.94. The SMILES string of the molecule is CC(C)(C)OC(=O)N1CCC[C@@]1(CO)CO[Si](C)(C)C(C)(C)C. The van der Waals surface area contributed by atoms with Crippen molar-refractivity contribution >= 4 is 14.4 Å². The highest BCUT2D eigenvalue weighted by atomic mass is 28.4. The van der Waals surface area contributed by atoms with Gasteiger partial charge < -0.3 is 14.3 Å². The standard InChI is InChI=1S/C17H35NO4Si/c1-15(2,3)22-14(20)18-11-9-10-17(18,12-19)13-21-23(7,8)16(4,5)6/h19H,9-13H2,1-8H3/t17-/m1/s1. The van der Waals surface area contributed by atoms with E-state index in [0.29, 0.717) is 13.2 Å². The minimum Gasteiger partial charge on any atom is -0.444 e. The molecule has 0 unspecified atom stereocenters. The number of ether oxygens (including phenoxy) is 1. The zero-order chi connectivity index (χ0) is 18.1. The third kappa shape index (κ3) is 4.94. The molecule has 0 aromatic carbocycles. The van der Waals surface area contributed by atoms with Crippen molar-refractivity contribution in [2.24, 2.45) is 0 Å². The van der Waals surface area contributed by atoms with Gasteiger partial charge in [0.05, 0.1) is 18.8 Å². The first-order valence-electron chi connectivity index (χ1n) is 8.50. The van der Waals surface area contributed by atoms with Crippen LogP contribution in [0.3, 0.4) is 0 Å². The largest absolute Gasteiger partial charge is 0.444 e. The molecule has 1 N–H and O–H groups in total. The Labute approximate surface area is 142 Å². The monoisotopic (exact) mass is 345 g/mol. The minimum atomic E-state index is -1.94. The van der Waals surface area contributed by atoms with Gasteiger partial charge in [-0.05, 0) is 51.7 Å². The van der Waals surface area contributed by atoms with Gasteiger partial charge in [0.25, 0.3) is 0 Å². The number of nitrogens with zero attached hydrogens (tertiary/aromatic N) is 1. The van der Waals surface area contributed by atoms with Gasteiger partial charge in [0, 0.05) is 6.54 Å².